The fourth-order valence-electron chi connectivity index (χ4n) is 1.41. The molecule has 1 aliphatic heterocycles. The molecule has 1 aromatic carbocycles. The molecule has 0 atom stereocenters. The summed E-state index contributed by atoms with van der Waals surface area (Å²) in [7, 11) is 0. The minimum atomic E-state index is -0.875. The number of anilines is 1. The second kappa shape index (κ2) is 4.82. The van der Waals surface area contributed by atoms with Gasteiger partial charge in [0.2, 0.25) is 5.91 Å². The summed E-state index contributed by atoms with van der Waals surface area (Å²) in [5.74, 6) is -1.91. The first-order valence-electron chi connectivity index (χ1n) is 5.06. The molecule has 0 spiro atoms. The van der Waals surface area contributed by atoms with E-state index >= 15 is 0 Å². The Balaban J connectivity index is 1.99. The molecule has 0 saturated carbocycles. The lowest BCUT2D eigenvalue weighted by molar-refractivity contribution is -0.115. The summed E-state index contributed by atoms with van der Waals surface area (Å²) in [4.78, 5) is 22.3. The van der Waals surface area contributed by atoms with Crippen LogP contribution in [0.25, 0.3) is 0 Å². The highest BCUT2D eigenvalue weighted by Gasteiger charge is 2.14. The van der Waals surface area contributed by atoms with Crippen LogP contribution < -0.4 is 16.0 Å². The van der Waals surface area contributed by atoms with Crippen molar-refractivity contribution >= 4 is 17.6 Å². The summed E-state index contributed by atoms with van der Waals surface area (Å²) in [6, 6.07) is 2.09. The number of carbonyl (C=O) groups is 2. The number of nitrogens with one attached hydrogen (secondary N) is 3. The predicted octanol–water partition coefficient (Wildman–Crippen LogP) is 1.10. The van der Waals surface area contributed by atoms with E-state index in [9.17, 15) is 18.4 Å². The third-order valence-corrected chi connectivity index (χ3v) is 2.21. The van der Waals surface area contributed by atoms with Crippen LogP contribution in [0.5, 0.6) is 0 Å². The Kier molecular flexibility index (Phi) is 3.22. The van der Waals surface area contributed by atoms with Crippen LogP contribution >= 0.6 is 0 Å². The van der Waals surface area contributed by atoms with Gasteiger partial charge in [0.15, 0.2) is 0 Å². The molecule has 1 aromatic rings. The van der Waals surface area contributed by atoms with Gasteiger partial charge < -0.3 is 16.0 Å². The van der Waals surface area contributed by atoms with Crippen molar-refractivity contribution in [2.24, 2.45) is 0 Å². The zero-order valence-electron chi connectivity index (χ0n) is 9.09. The summed E-state index contributed by atoms with van der Waals surface area (Å²) in [5, 5.41) is 7.03. The molecule has 94 valence electrons. The van der Waals surface area contributed by atoms with Crippen molar-refractivity contribution in [3.8, 4) is 0 Å². The van der Waals surface area contributed by atoms with Gasteiger partial charge in [0, 0.05) is 17.8 Å². The fraction of sp³-hybridized carbons (Fsp3) is 0.0909. The highest BCUT2D eigenvalue weighted by Crippen LogP contribution is 2.14. The zero-order valence-corrected chi connectivity index (χ0v) is 9.09. The smallest absolute Gasteiger partial charge is 0.323 e. The van der Waals surface area contributed by atoms with E-state index in [-0.39, 0.29) is 18.1 Å². The minimum absolute atomic E-state index is 0.146. The topological polar surface area (TPSA) is 70.2 Å². The van der Waals surface area contributed by atoms with Gasteiger partial charge in [0.05, 0.1) is 12.2 Å². The molecule has 0 bridgehead atoms. The Morgan fingerprint density at radius 2 is 2.06 bits per heavy atom. The third kappa shape index (κ3) is 2.82. The Labute approximate surface area is 101 Å². The van der Waals surface area contributed by atoms with Crippen molar-refractivity contribution in [3.05, 3.63) is 41.6 Å². The summed E-state index contributed by atoms with van der Waals surface area (Å²) < 4.78 is 25.9. The van der Waals surface area contributed by atoms with E-state index in [1.54, 1.807) is 0 Å². The maximum Gasteiger partial charge on any atom is 0.323 e. The predicted molar refractivity (Wildman–Crippen MR) is 59.6 cm³/mol. The normalized spacial score (nSPS) is 13.9. The molecule has 1 aliphatic rings. The lowest BCUT2D eigenvalue weighted by atomic mass is 10.3. The number of benzene rings is 1. The first-order chi connectivity index (χ1) is 8.54. The van der Waals surface area contributed by atoms with Crippen molar-refractivity contribution in [2.45, 2.75) is 0 Å². The molecule has 0 unspecified atom stereocenters. The molecule has 5 nitrogen and oxygen atoms in total. The molecule has 0 saturated heterocycles. The summed E-state index contributed by atoms with van der Waals surface area (Å²) in [6.07, 6.45) is 1.22. The molecule has 0 radical (unpaired) electrons. The van der Waals surface area contributed by atoms with Crippen molar-refractivity contribution in [1.29, 1.82) is 0 Å². The third-order valence-electron chi connectivity index (χ3n) is 2.21. The van der Waals surface area contributed by atoms with E-state index in [1.807, 2.05) is 0 Å². The molecule has 0 fully saturated rings. The van der Waals surface area contributed by atoms with Gasteiger partial charge in [-0.05, 0) is 12.1 Å². The van der Waals surface area contributed by atoms with Crippen LogP contribution in [0.4, 0.5) is 19.3 Å². The average Bonchev–Trinajstić information content (AvgIpc) is 2.68. The number of carbonyl (C=O) groups excluding carboxylic acids is 2. The van der Waals surface area contributed by atoms with Gasteiger partial charge in [0.1, 0.15) is 11.6 Å². The van der Waals surface area contributed by atoms with Crippen molar-refractivity contribution in [2.75, 3.05) is 11.9 Å². The van der Waals surface area contributed by atoms with E-state index in [0.29, 0.717) is 11.8 Å². The monoisotopic (exact) mass is 253 g/mol. The van der Waals surface area contributed by atoms with Gasteiger partial charge in [-0.3, -0.25) is 4.79 Å². The first kappa shape index (κ1) is 12.0. The number of rotatable bonds is 2. The molecule has 2 rings (SSSR count). The van der Waals surface area contributed by atoms with Gasteiger partial charge >= 0.3 is 6.03 Å². The lowest BCUT2D eigenvalue weighted by Gasteiger charge is -2.08. The molecular weight excluding hydrogens is 244 g/mol. The van der Waals surface area contributed by atoms with Crippen molar-refractivity contribution in [1.82, 2.24) is 10.6 Å². The van der Waals surface area contributed by atoms with Crippen molar-refractivity contribution in [3.63, 3.8) is 0 Å². The van der Waals surface area contributed by atoms with Gasteiger partial charge in [0.25, 0.3) is 0 Å². The highest BCUT2D eigenvalue weighted by atomic mass is 19.1. The van der Waals surface area contributed by atoms with Gasteiger partial charge in [-0.1, -0.05) is 0 Å². The second-order valence-corrected chi connectivity index (χ2v) is 3.59. The molecule has 0 aromatic heterocycles. The lowest BCUT2D eigenvalue weighted by Crippen LogP contribution is -2.30. The maximum atomic E-state index is 13.2. The highest BCUT2D eigenvalue weighted by molar-refractivity contribution is 5.95. The van der Waals surface area contributed by atoms with E-state index in [0.717, 1.165) is 12.1 Å². The van der Waals surface area contributed by atoms with Crippen LogP contribution in [0.1, 0.15) is 0 Å². The molecule has 18 heavy (non-hydrogen) atoms. The standard InChI is InChI=1S/C11H9F2N3O2/c12-6-1-2-9(8(13)3-6)16-11(18)15-7-4-10(17)14-5-7/h1-4H,5H2,(H,14,17)(H2,15,16,18). The largest absolute Gasteiger partial charge is 0.347 e. The maximum absolute atomic E-state index is 13.2. The van der Waals surface area contributed by atoms with E-state index in [4.69, 9.17) is 0 Å². The Bertz CT molecular complexity index is 543. The summed E-state index contributed by atoms with van der Waals surface area (Å²) >= 11 is 0. The number of hydrogen-bond donors (Lipinski definition) is 3. The molecule has 3 amide bonds. The van der Waals surface area contributed by atoms with E-state index in [1.165, 1.54) is 6.08 Å². The Hall–Kier alpha value is -2.44. The molecular formula is C11H9F2N3O2. The quantitative estimate of drug-likeness (QED) is 0.738. The average molecular weight is 253 g/mol. The van der Waals surface area contributed by atoms with Crippen molar-refractivity contribution < 1.29 is 18.4 Å². The van der Waals surface area contributed by atoms with Gasteiger partial charge in [-0.2, -0.15) is 0 Å². The van der Waals surface area contributed by atoms with Crippen LogP contribution in [-0.4, -0.2) is 18.5 Å². The van der Waals surface area contributed by atoms with Gasteiger partial charge in [-0.25, -0.2) is 13.6 Å². The number of amides is 3. The molecule has 3 N–H and O–H groups in total. The minimum Gasteiger partial charge on any atom is -0.347 e. The molecule has 7 heteroatoms. The summed E-state index contributed by atoms with van der Waals surface area (Å²) in [6.45, 7) is 0.207. The number of urea groups is 1. The first-order valence-corrected chi connectivity index (χ1v) is 5.06. The zero-order chi connectivity index (χ0) is 13.1. The van der Waals surface area contributed by atoms with Crippen LogP contribution in [0.15, 0.2) is 30.0 Å². The fourth-order valence-corrected chi connectivity index (χ4v) is 1.41. The molecule has 1 heterocycles. The number of hydrogen-bond acceptors (Lipinski definition) is 2. The van der Waals surface area contributed by atoms with Crippen LogP contribution in [0, 0.1) is 11.6 Å². The van der Waals surface area contributed by atoms with E-state index < -0.39 is 17.7 Å². The summed E-state index contributed by atoms with van der Waals surface area (Å²) in [5.41, 5.74) is 0.229. The van der Waals surface area contributed by atoms with Crippen LogP contribution in [0.3, 0.4) is 0 Å². The van der Waals surface area contributed by atoms with Crippen LogP contribution in [0.2, 0.25) is 0 Å². The Morgan fingerprint density at radius 1 is 1.28 bits per heavy atom. The van der Waals surface area contributed by atoms with E-state index in [2.05, 4.69) is 16.0 Å². The Morgan fingerprint density at radius 3 is 2.67 bits per heavy atom. The second-order valence-electron chi connectivity index (χ2n) is 3.59. The van der Waals surface area contributed by atoms with Gasteiger partial charge in [-0.15, -0.1) is 0 Å². The molecule has 0 aliphatic carbocycles. The number of halogens is 2. The SMILES string of the molecule is O=C1C=C(NC(=O)Nc2ccc(F)cc2F)CN1. The van der Waals surface area contributed by atoms with Crippen LogP contribution in [-0.2, 0) is 4.79 Å².